The van der Waals surface area contributed by atoms with Gasteiger partial charge in [-0.3, -0.25) is 4.98 Å². The van der Waals surface area contributed by atoms with Crippen molar-refractivity contribution < 1.29 is 18.6 Å². The van der Waals surface area contributed by atoms with Gasteiger partial charge in [0.1, 0.15) is 4.90 Å². The van der Waals surface area contributed by atoms with Gasteiger partial charge in [0.15, 0.2) is 0 Å². The lowest BCUT2D eigenvalue weighted by Crippen LogP contribution is -2.30. The van der Waals surface area contributed by atoms with Gasteiger partial charge in [0.25, 0.3) is 0 Å². The zero-order valence-corrected chi connectivity index (χ0v) is 11.1. The van der Waals surface area contributed by atoms with Gasteiger partial charge in [-0.2, -0.15) is 4.31 Å². The smallest absolute Gasteiger partial charge is 0.244 e. The van der Waals surface area contributed by atoms with Crippen molar-refractivity contribution in [1.29, 1.82) is 0 Å². The predicted molar refractivity (Wildman–Crippen MR) is 62.7 cm³/mol. The van der Waals surface area contributed by atoms with Crippen LogP contribution in [0, 0.1) is 0 Å². The van der Waals surface area contributed by atoms with E-state index in [0.29, 0.717) is 4.47 Å². The second kappa shape index (κ2) is 4.62. The second-order valence-corrected chi connectivity index (χ2v) is 6.65. The van der Waals surface area contributed by atoms with Gasteiger partial charge < -0.3 is 10.2 Å². The summed E-state index contributed by atoms with van der Waals surface area (Å²) in [7, 11) is -3.71. The zero-order valence-electron chi connectivity index (χ0n) is 8.69. The third-order valence-corrected chi connectivity index (χ3v) is 4.77. The topological polar surface area (TPSA) is 90.7 Å². The highest BCUT2D eigenvalue weighted by atomic mass is 79.9. The normalized spacial score (nSPS) is 26.3. The zero-order chi connectivity index (χ0) is 12.6. The van der Waals surface area contributed by atoms with Crippen molar-refractivity contribution in [3.8, 4) is 0 Å². The van der Waals surface area contributed by atoms with E-state index < -0.39 is 22.2 Å². The number of β-amino-alcohol motifs (C(OH)–C–C–N with tert-alkyl or cyclic N) is 2. The molecule has 0 aromatic carbocycles. The van der Waals surface area contributed by atoms with E-state index >= 15 is 0 Å². The summed E-state index contributed by atoms with van der Waals surface area (Å²) in [5.74, 6) is 0. The van der Waals surface area contributed by atoms with Gasteiger partial charge in [-0.25, -0.2) is 8.42 Å². The monoisotopic (exact) mass is 322 g/mol. The lowest BCUT2D eigenvalue weighted by atomic mass is 10.3. The number of hydrogen-bond acceptors (Lipinski definition) is 5. The third-order valence-electron chi connectivity index (χ3n) is 2.54. The van der Waals surface area contributed by atoms with Crippen LogP contribution in [0.2, 0.25) is 0 Å². The number of aliphatic hydroxyl groups is 2. The Balaban J connectivity index is 2.32. The fourth-order valence-electron chi connectivity index (χ4n) is 1.61. The van der Waals surface area contributed by atoms with Gasteiger partial charge in [0.2, 0.25) is 10.0 Å². The molecular formula is C9H11BrN2O4S. The molecule has 1 saturated heterocycles. The van der Waals surface area contributed by atoms with Gasteiger partial charge >= 0.3 is 0 Å². The van der Waals surface area contributed by atoms with E-state index in [2.05, 4.69) is 20.9 Å². The van der Waals surface area contributed by atoms with Crippen molar-refractivity contribution in [3.63, 3.8) is 0 Å². The summed E-state index contributed by atoms with van der Waals surface area (Å²) < 4.78 is 25.8. The molecule has 0 unspecified atom stereocenters. The Morgan fingerprint density at radius 3 is 2.41 bits per heavy atom. The third kappa shape index (κ3) is 2.50. The Bertz CT molecular complexity index is 511. The molecule has 1 aromatic rings. The lowest BCUT2D eigenvalue weighted by molar-refractivity contribution is 0.0572. The van der Waals surface area contributed by atoms with E-state index in [1.54, 1.807) is 0 Å². The maximum atomic E-state index is 12.1. The summed E-state index contributed by atoms with van der Waals surface area (Å²) in [5, 5.41) is 18.7. The highest BCUT2D eigenvalue weighted by Gasteiger charge is 2.37. The molecule has 0 saturated carbocycles. The molecular weight excluding hydrogens is 312 g/mol. The molecule has 94 valence electrons. The van der Waals surface area contributed by atoms with Crippen LogP contribution in [-0.4, -0.2) is 53.2 Å². The van der Waals surface area contributed by atoms with E-state index in [4.69, 9.17) is 0 Å². The summed E-state index contributed by atoms with van der Waals surface area (Å²) in [4.78, 5) is 3.82. The molecule has 0 amide bonds. The van der Waals surface area contributed by atoms with Gasteiger partial charge in [0.05, 0.1) is 12.2 Å². The molecule has 1 aliphatic rings. The van der Waals surface area contributed by atoms with E-state index in [9.17, 15) is 18.6 Å². The predicted octanol–water partition coefficient (Wildman–Crippen LogP) is -0.430. The summed E-state index contributed by atoms with van der Waals surface area (Å²) >= 11 is 3.14. The first-order valence-electron chi connectivity index (χ1n) is 4.88. The Hall–Kier alpha value is -0.540. The van der Waals surface area contributed by atoms with Gasteiger partial charge in [-0.1, -0.05) is 0 Å². The molecule has 0 radical (unpaired) electrons. The maximum Gasteiger partial charge on any atom is 0.244 e. The van der Waals surface area contributed by atoms with Crippen LogP contribution in [0.3, 0.4) is 0 Å². The first kappa shape index (κ1) is 12.9. The quantitative estimate of drug-likeness (QED) is 0.771. The molecule has 0 aliphatic carbocycles. The number of pyridine rings is 1. The Labute approximate surface area is 107 Å². The fraction of sp³-hybridized carbons (Fsp3) is 0.444. The molecule has 1 fully saturated rings. The molecule has 1 aliphatic heterocycles. The van der Waals surface area contributed by atoms with Gasteiger partial charge in [-0.05, 0) is 22.0 Å². The molecule has 17 heavy (non-hydrogen) atoms. The molecule has 8 heteroatoms. The van der Waals surface area contributed by atoms with Crippen molar-refractivity contribution in [1.82, 2.24) is 9.29 Å². The van der Waals surface area contributed by atoms with Crippen molar-refractivity contribution in [3.05, 3.63) is 22.9 Å². The van der Waals surface area contributed by atoms with Crippen LogP contribution in [0.1, 0.15) is 0 Å². The fourth-order valence-corrected chi connectivity index (χ4v) is 3.60. The van der Waals surface area contributed by atoms with Gasteiger partial charge in [0, 0.05) is 30.0 Å². The summed E-state index contributed by atoms with van der Waals surface area (Å²) in [6.45, 7) is -0.202. The largest absolute Gasteiger partial charge is 0.389 e. The van der Waals surface area contributed by atoms with E-state index in [0.717, 1.165) is 4.31 Å². The van der Waals surface area contributed by atoms with Crippen molar-refractivity contribution in [2.75, 3.05) is 13.1 Å². The van der Waals surface area contributed by atoms with E-state index in [1.165, 1.54) is 18.5 Å². The summed E-state index contributed by atoms with van der Waals surface area (Å²) in [6.07, 6.45) is 0.638. The standard InChI is InChI=1S/C9H11BrN2O4S/c10-6-1-7(3-11-2-6)17(15,16)12-4-8(13)9(14)5-12/h1-3,8-9,13-14H,4-5H2/t8-,9+. The number of halogens is 1. The van der Waals surface area contributed by atoms with E-state index in [1.807, 2.05) is 0 Å². The van der Waals surface area contributed by atoms with Crippen LogP contribution >= 0.6 is 15.9 Å². The van der Waals surface area contributed by atoms with Crippen LogP contribution in [-0.2, 0) is 10.0 Å². The lowest BCUT2D eigenvalue weighted by Gasteiger charge is -2.15. The number of aromatic nitrogens is 1. The number of aliphatic hydroxyl groups excluding tert-OH is 2. The second-order valence-electron chi connectivity index (χ2n) is 3.80. The molecule has 6 nitrogen and oxygen atoms in total. The molecule has 2 heterocycles. The molecule has 0 bridgehead atoms. The molecule has 0 spiro atoms. The van der Waals surface area contributed by atoms with Crippen molar-refractivity contribution in [2.24, 2.45) is 0 Å². The average molecular weight is 323 g/mol. The van der Waals surface area contributed by atoms with Crippen LogP contribution in [0.4, 0.5) is 0 Å². The minimum Gasteiger partial charge on any atom is -0.389 e. The number of hydrogen-bond donors (Lipinski definition) is 2. The number of nitrogens with zero attached hydrogens (tertiary/aromatic N) is 2. The van der Waals surface area contributed by atoms with E-state index in [-0.39, 0.29) is 18.0 Å². The highest BCUT2D eigenvalue weighted by molar-refractivity contribution is 9.10. The SMILES string of the molecule is O=S(=O)(c1cncc(Br)c1)N1C[C@@H](O)[C@@H](O)C1. The summed E-state index contributed by atoms with van der Waals surface area (Å²) in [6, 6.07) is 1.43. The van der Waals surface area contributed by atoms with Crippen molar-refractivity contribution in [2.45, 2.75) is 17.1 Å². The minimum atomic E-state index is -3.71. The Morgan fingerprint density at radius 1 is 1.29 bits per heavy atom. The van der Waals surface area contributed by atoms with Gasteiger partial charge in [-0.15, -0.1) is 0 Å². The number of rotatable bonds is 2. The summed E-state index contributed by atoms with van der Waals surface area (Å²) in [5.41, 5.74) is 0. The number of sulfonamides is 1. The highest BCUT2D eigenvalue weighted by Crippen LogP contribution is 2.22. The molecule has 1 aromatic heterocycles. The first-order valence-corrected chi connectivity index (χ1v) is 7.11. The molecule has 2 rings (SSSR count). The molecule has 2 atom stereocenters. The van der Waals surface area contributed by atoms with Crippen LogP contribution in [0.5, 0.6) is 0 Å². The average Bonchev–Trinajstić information content (AvgIpc) is 2.60. The first-order chi connectivity index (χ1) is 7.91. The maximum absolute atomic E-state index is 12.1. The van der Waals surface area contributed by atoms with Crippen molar-refractivity contribution >= 4 is 26.0 Å². The van der Waals surface area contributed by atoms with Crippen LogP contribution in [0.15, 0.2) is 27.8 Å². The molecule has 2 N–H and O–H groups in total. The van der Waals surface area contributed by atoms with Crippen LogP contribution < -0.4 is 0 Å². The minimum absolute atomic E-state index is 0.0353. The Kier molecular flexibility index (Phi) is 3.50. The Morgan fingerprint density at radius 2 is 1.88 bits per heavy atom. The van der Waals surface area contributed by atoms with Crippen LogP contribution in [0.25, 0.3) is 0 Å².